The van der Waals surface area contributed by atoms with Crippen LogP contribution in [0.25, 0.3) is 5.57 Å². The summed E-state index contributed by atoms with van der Waals surface area (Å²) in [6.07, 6.45) is -4.50. The Morgan fingerprint density at radius 3 is 2.62 bits per heavy atom. The maximum absolute atomic E-state index is 14.9. The lowest BCUT2D eigenvalue weighted by atomic mass is 9.78. The van der Waals surface area contributed by atoms with Crippen molar-refractivity contribution in [1.82, 2.24) is 15.5 Å². The zero-order chi connectivity index (χ0) is 27.1. The topological polar surface area (TPSA) is 121 Å². The summed E-state index contributed by atoms with van der Waals surface area (Å²) < 4.78 is 73.7. The van der Waals surface area contributed by atoms with Gasteiger partial charge >= 0.3 is 12.2 Å². The van der Waals surface area contributed by atoms with Crippen LogP contribution in [0.4, 0.5) is 33.7 Å². The van der Waals surface area contributed by atoms with E-state index in [4.69, 9.17) is 4.42 Å². The van der Waals surface area contributed by atoms with E-state index in [2.05, 4.69) is 20.8 Å². The first-order valence-corrected chi connectivity index (χ1v) is 11.4. The van der Waals surface area contributed by atoms with E-state index in [1.165, 1.54) is 18.9 Å². The van der Waals surface area contributed by atoms with E-state index < -0.39 is 46.9 Å². The number of nitrogens with zero attached hydrogens (tertiary/aromatic N) is 3. The third-order valence-electron chi connectivity index (χ3n) is 6.74. The van der Waals surface area contributed by atoms with Crippen molar-refractivity contribution in [2.75, 3.05) is 30.4 Å². The smallest absolute Gasteiger partial charge is 0.395 e. The molecule has 9 nitrogen and oxygen atoms in total. The van der Waals surface area contributed by atoms with Gasteiger partial charge in [-0.2, -0.15) is 13.2 Å². The highest BCUT2D eigenvalue weighted by Crippen LogP contribution is 2.49. The summed E-state index contributed by atoms with van der Waals surface area (Å²) in [5, 5.41) is 23.2. The van der Waals surface area contributed by atoms with Gasteiger partial charge in [0, 0.05) is 49.7 Å². The fraction of sp³-hybridized carbons (Fsp3) is 0.478. The van der Waals surface area contributed by atoms with Crippen LogP contribution in [0.1, 0.15) is 43.6 Å². The van der Waals surface area contributed by atoms with Gasteiger partial charge in [-0.1, -0.05) is 10.7 Å². The number of aromatic hydroxyl groups is 1. The normalized spacial score (nSPS) is 18.8. The molecule has 2 aliphatic rings. The molecule has 37 heavy (non-hydrogen) atoms. The lowest BCUT2D eigenvalue weighted by Gasteiger charge is -2.41. The number of rotatable bonds is 9. The molecule has 1 saturated heterocycles. The minimum Gasteiger partial charge on any atom is -0.503 e. The Labute approximate surface area is 207 Å². The molecule has 2 unspecified atom stereocenters. The summed E-state index contributed by atoms with van der Waals surface area (Å²) in [6, 6.07) is 0.596. The molecule has 0 spiro atoms. The van der Waals surface area contributed by atoms with Crippen LogP contribution < -0.4 is 15.5 Å². The molecule has 0 radical (unpaired) electrons. The van der Waals surface area contributed by atoms with E-state index >= 15 is 0 Å². The average Bonchev–Trinajstić information content (AvgIpc) is 3.26. The fourth-order valence-corrected chi connectivity index (χ4v) is 4.44. The predicted octanol–water partition coefficient (Wildman–Crippen LogP) is 3.52. The molecule has 3 N–H and O–H groups in total. The summed E-state index contributed by atoms with van der Waals surface area (Å²) in [7, 11) is 1.39. The molecule has 2 aromatic rings. The largest absolute Gasteiger partial charge is 0.503 e. The number of anilines is 2. The van der Waals surface area contributed by atoms with Gasteiger partial charge < -0.3 is 29.9 Å². The summed E-state index contributed by atoms with van der Waals surface area (Å²) in [4.78, 5) is 24.3. The van der Waals surface area contributed by atoms with Crippen LogP contribution in [0.15, 0.2) is 16.1 Å². The molecule has 0 saturated carbocycles. The average molecular weight is 529 g/mol. The van der Waals surface area contributed by atoms with E-state index in [-0.39, 0.29) is 61.6 Å². The molecule has 1 aromatic carbocycles. The number of phenols is 1. The number of halogens is 5. The Kier molecular flexibility index (Phi) is 7.11. The van der Waals surface area contributed by atoms with Gasteiger partial charge in [0.25, 0.3) is 0 Å². The zero-order valence-electron chi connectivity index (χ0n) is 19.8. The molecule has 14 heteroatoms. The van der Waals surface area contributed by atoms with E-state index in [0.29, 0.717) is 11.9 Å². The number of amides is 1. The number of phenolic OH excluding ortho intramolecular Hbond substituents is 1. The fourth-order valence-electron chi connectivity index (χ4n) is 4.44. The number of hydrogen-bond acceptors (Lipinski definition) is 8. The maximum atomic E-state index is 14.9. The summed E-state index contributed by atoms with van der Waals surface area (Å²) in [5.74, 6) is -6.31. The van der Waals surface area contributed by atoms with Gasteiger partial charge in [0.2, 0.25) is 11.8 Å². The first kappa shape index (κ1) is 26.4. The van der Waals surface area contributed by atoms with E-state index in [0.717, 1.165) is 6.07 Å². The molecule has 4 rings (SSSR count). The second-order valence-corrected chi connectivity index (χ2v) is 9.03. The van der Waals surface area contributed by atoms with Crippen LogP contribution in [0.3, 0.4) is 0 Å². The summed E-state index contributed by atoms with van der Waals surface area (Å²) in [6.45, 7) is 1.75. The second kappa shape index (κ2) is 9.98. The highest BCUT2D eigenvalue weighted by atomic mass is 19.4. The quantitative estimate of drug-likeness (QED) is 0.334. The number of aldehydes is 1. The Balaban J connectivity index is 1.39. The minimum absolute atomic E-state index is 0.00444. The molecule has 1 aliphatic carbocycles. The molecular weight excluding hydrogens is 505 g/mol. The van der Waals surface area contributed by atoms with Crippen LogP contribution in [0, 0.1) is 17.6 Å². The first-order chi connectivity index (χ1) is 17.4. The first-order valence-electron chi connectivity index (χ1n) is 11.4. The number of alkyl halides is 3. The van der Waals surface area contributed by atoms with Crippen molar-refractivity contribution in [2.45, 2.75) is 44.3 Å². The number of benzene rings is 1. The van der Waals surface area contributed by atoms with Crippen molar-refractivity contribution < 1.29 is 41.1 Å². The Morgan fingerprint density at radius 1 is 1.32 bits per heavy atom. The Bertz CT molecular complexity index is 1240. The van der Waals surface area contributed by atoms with Crippen LogP contribution in [0.2, 0.25) is 0 Å². The van der Waals surface area contributed by atoms with Crippen molar-refractivity contribution >= 4 is 29.5 Å². The summed E-state index contributed by atoms with van der Waals surface area (Å²) >= 11 is 0. The maximum Gasteiger partial charge on any atom is 0.395 e. The van der Waals surface area contributed by atoms with Gasteiger partial charge in [0.1, 0.15) is 12.1 Å². The van der Waals surface area contributed by atoms with Gasteiger partial charge in [-0.25, -0.2) is 8.78 Å². The molecule has 2 atom stereocenters. The van der Waals surface area contributed by atoms with Crippen LogP contribution in [0.5, 0.6) is 5.75 Å². The Morgan fingerprint density at radius 2 is 2.03 bits per heavy atom. The molecular formula is C23H24F5N5O4. The number of aromatic nitrogens is 2. The van der Waals surface area contributed by atoms with Gasteiger partial charge in [-0.15, -0.1) is 5.10 Å². The Hall–Kier alpha value is -3.71. The lowest BCUT2D eigenvalue weighted by Crippen LogP contribution is -2.55. The van der Waals surface area contributed by atoms with Crippen LogP contribution in [-0.4, -0.2) is 59.9 Å². The SMILES string of the molecule is CNC(=O)CCC(C=O)c1c(F)cc(N2CC(Nc3nnc(C4=C(C)C(C(F)(F)F)C4)o3)C2)c(O)c1F. The van der Waals surface area contributed by atoms with Crippen molar-refractivity contribution in [2.24, 2.45) is 5.92 Å². The monoisotopic (exact) mass is 529 g/mol. The van der Waals surface area contributed by atoms with Crippen LogP contribution >= 0.6 is 0 Å². The third kappa shape index (κ3) is 5.09. The molecule has 2 heterocycles. The highest BCUT2D eigenvalue weighted by molar-refractivity contribution is 5.76. The van der Waals surface area contributed by atoms with Crippen molar-refractivity contribution in [3.8, 4) is 5.75 Å². The van der Waals surface area contributed by atoms with Crippen molar-refractivity contribution in [3.63, 3.8) is 0 Å². The lowest BCUT2D eigenvalue weighted by molar-refractivity contribution is -0.166. The number of allylic oxidation sites excluding steroid dienone is 2. The molecule has 0 bridgehead atoms. The molecule has 1 fully saturated rings. The zero-order valence-corrected chi connectivity index (χ0v) is 19.8. The predicted molar refractivity (Wildman–Crippen MR) is 121 cm³/mol. The standard InChI is InChI=1S/C23H24F5N5O4/c1-10-13(5-14(10)23(26,27)28)21-31-32-22(37-21)30-12-7-33(8-12)16-6-15(24)18(19(25)20(16)36)11(9-34)3-4-17(35)29-2/h6,9,11-12,14,36H,3-5,7-8H2,1-2H3,(H,29,35)(H,30,32). The van der Waals surface area contributed by atoms with Crippen molar-refractivity contribution in [3.05, 3.63) is 34.7 Å². The van der Waals surface area contributed by atoms with Gasteiger partial charge in [-0.3, -0.25) is 4.79 Å². The molecule has 200 valence electrons. The molecule has 1 amide bonds. The number of hydrogen-bond donors (Lipinski definition) is 3. The van der Waals surface area contributed by atoms with Crippen molar-refractivity contribution in [1.29, 1.82) is 0 Å². The van der Waals surface area contributed by atoms with Gasteiger partial charge in [0.15, 0.2) is 11.6 Å². The van der Waals surface area contributed by atoms with Crippen LogP contribution in [-0.2, 0) is 9.59 Å². The van der Waals surface area contributed by atoms with Gasteiger partial charge in [-0.05, 0) is 19.8 Å². The molecule has 1 aromatic heterocycles. The minimum atomic E-state index is -4.33. The molecule has 1 aliphatic heterocycles. The number of carbonyl (C=O) groups excluding carboxylic acids is 2. The van der Waals surface area contributed by atoms with Gasteiger partial charge in [0.05, 0.1) is 17.6 Å². The number of carbonyl (C=O) groups is 2. The van der Waals surface area contributed by atoms with E-state index in [1.54, 1.807) is 0 Å². The van der Waals surface area contributed by atoms with E-state index in [1.807, 2.05) is 0 Å². The highest BCUT2D eigenvalue weighted by Gasteiger charge is 2.48. The van der Waals surface area contributed by atoms with E-state index in [9.17, 15) is 36.6 Å². The summed E-state index contributed by atoms with van der Waals surface area (Å²) in [5.41, 5.74) is -0.251. The third-order valence-corrected chi connectivity index (χ3v) is 6.74. The number of nitrogens with one attached hydrogen (secondary N) is 2. The second-order valence-electron chi connectivity index (χ2n) is 9.03.